The minimum Gasteiger partial charge on any atom is -0.497 e. The molecule has 1 heterocycles. The van der Waals surface area contributed by atoms with Gasteiger partial charge in [0, 0.05) is 29.4 Å². The number of carbonyl (C=O) groups excluding carboxylic acids is 2. The highest BCUT2D eigenvalue weighted by Gasteiger charge is 2.35. The van der Waals surface area contributed by atoms with Crippen molar-refractivity contribution >= 4 is 17.8 Å². The first kappa shape index (κ1) is 22.6. The van der Waals surface area contributed by atoms with Crippen molar-refractivity contribution < 1.29 is 14.3 Å². The van der Waals surface area contributed by atoms with Crippen LogP contribution in [0.2, 0.25) is 0 Å². The first-order chi connectivity index (χ1) is 15.9. The van der Waals surface area contributed by atoms with E-state index in [-0.39, 0.29) is 30.3 Å². The molecule has 7 nitrogen and oxygen atoms in total. The molecule has 1 saturated carbocycles. The average Bonchev–Trinajstić information content (AvgIpc) is 3.58. The molecule has 172 valence electrons. The minimum atomic E-state index is -0.266. The number of nitrogens with one attached hydrogen (secondary N) is 1. The molecule has 1 aliphatic carbocycles. The van der Waals surface area contributed by atoms with Crippen LogP contribution in [0.15, 0.2) is 54.7 Å². The van der Waals surface area contributed by atoms with Crippen molar-refractivity contribution in [2.24, 2.45) is 5.92 Å². The molecule has 1 aromatic heterocycles. The molecule has 0 bridgehead atoms. The highest BCUT2D eigenvalue weighted by atomic mass is 16.5. The molecule has 7 heteroatoms. The summed E-state index contributed by atoms with van der Waals surface area (Å²) in [6, 6.07) is 15.6. The van der Waals surface area contributed by atoms with Crippen LogP contribution in [-0.4, -0.2) is 46.0 Å². The van der Waals surface area contributed by atoms with E-state index < -0.39 is 0 Å². The summed E-state index contributed by atoms with van der Waals surface area (Å²) in [6.45, 7) is 5.90. The minimum absolute atomic E-state index is 0.00558. The fraction of sp³-hybridized carbons (Fsp3) is 0.346. The van der Waals surface area contributed by atoms with Gasteiger partial charge in [-0.25, -0.2) is 4.98 Å². The standard InChI is InChI=1S/C26H30N4O3/c1-17(2)29(25(32)20-7-8-20)16-24(31)28-26-27-23(19-9-13-22(33-4)14-10-19)15-30(26)21-11-5-18(3)6-12-21/h5-6,9-15,17,20H,7-8,16H2,1-4H3,(H,27,28,31). The van der Waals surface area contributed by atoms with Gasteiger partial charge in [0.05, 0.1) is 12.8 Å². The molecule has 33 heavy (non-hydrogen) atoms. The maximum Gasteiger partial charge on any atom is 0.246 e. The van der Waals surface area contributed by atoms with Crippen molar-refractivity contribution in [3.63, 3.8) is 0 Å². The molecule has 0 atom stereocenters. The van der Waals surface area contributed by atoms with E-state index in [1.807, 2.05) is 80.1 Å². The number of amides is 2. The highest BCUT2D eigenvalue weighted by molar-refractivity contribution is 5.94. The van der Waals surface area contributed by atoms with Gasteiger partial charge in [-0.05, 0) is 70.0 Å². The maximum atomic E-state index is 13.0. The van der Waals surface area contributed by atoms with Crippen LogP contribution in [0.4, 0.5) is 5.95 Å². The van der Waals surface area contributed by atoms with Gasteiger partial charge in [0.25, 0.3) is 0 Å². The predicted octanol–water partition coefficient (Wildman–Crippen LogP) is 4.44. The number of rotatable bonds is 8. The number of benzene rings is 2. The van der Waals surface area contributed by atoms with Gasteiger partial charge in [0.15, 0.2) is 0 Å². The maximum absolute atomic E-state index is 13.0. The quantitative estimate of drug-likeness (QED) is 0.555. The Kier molecular flexibility index (Phi) is 6.49. The Balaban J connectivity index is 1.62. The lowest BCUT2D eigenvalue weighted by Crippen LogP contribution is -2.43. The van der Waals surface area contributed by atoms with E-state index in [1.165, 1.54) is 0 Å². The second-order valence-electron chi connectivity index (χ2n) is 8.77. The van der Waals surface area contributed by atoms with Crippen LogP contribution in [0.25, 0.3) is 16.9 Å². The summed E-state index contributed by atoms with van der Waals surface area (Å²) in [5.41, 5.74) is 3.66. The lowest BCUT2D eigenvalue weighted by atomic mass is 10.1. The van der Waals surface area contributed by atoms with Gasteiger partial charge in [0.2, 0.25) is 17.8 Å². The van der Waals surface area contributed by atoms with Gasteiger partial charge >= 0.3 is 0 Å². The molecule has 3 aromatic rings. The number of anilines is 1. The topological polar surface area (TPSA) is 76.5 Å². The van der Waals surface area contributed by atoms with Crippen molar-refractivity contribution in [2.75, 3.05) is 19.0 Å². The monoisotopic (exact) mass is 446 g/mol. The van der Waals surface area contributed by atoms with Gasteiger partial charge in [-0.2, -0.15) is 0 Å². The largest absolute Gasteiger partial charge is 0.497 e. The summed E-state index contributed by atoms with van der Waals surface area (Å²) in [7, 11) is 1.63. The van der Waals surface area contributed by atoms with Crippen LogP contribution in [-0.2, 0) is 9.59 Å². The van der Waals surface area contributed by atoms with Crippen LogP contribution >= 0.6 is 0 Å². The predicted molar refractivity (Wildman–Crippen MR) is 128 cm³/mol. The highest BCUT2D eigenvalue weighted by Crippen LogP contribution is 2.31. The summed E-state index contributed by atoms with van der Waals surface area (Å²) in [5.74, 6) is 1.03. The Labute approximate surface area is 194 Å². The van der Waals surface area contributed by atoms with Gasteiger partial charge in [0.1, 0.15) is 12.3 Å². The van der Waals surface area contributed by atoms with Gasteiger partial charge in [-0.1, -0.05) is 17.7 Å². The molecule has 2 aromatic carbocycles. The Hall–Kier alpha value is -3.61. The normalized spacial score (nSPS) is 13.1. The van der Waals surface area contributed by atoms with Crippen molar-refractivity contribution in [3.8, 4) is 22.7 Å². The third-order valence-corrected chi connectivity index (χ3v) is 5.80. The van der Waals surface area contributed by atoms with Crippen LogP contribution in [0.3, 0.4) is 0 Å². The van der Waals surface area contributed by atoms with E-state index in [9.17, 15) is 9.59 Å². The Bertz CT molecular complexity index is 1130. The number of carbonyl (C=O) groups is 2. The summed E-state index contributed by atoms with van der Waals surface area (Å²) in [4.78, 5) is 31.9. The molecule has 0 radical (unpaired) electrons. The molecule has 0 aliphatic heterocycles. The van der Waals surface area contributed by atoms with E-state index >= 15 is 0 Å². The molecule has 1 aliphatic rings. The number of hydrogen-bond donors (Lipinski definition) is 1. The molecule has 2 amide bonds. The lowest BCUT2D eigenvalue weighted by molar-refractivity contribution is -0.137. The van der Waals surface area contributed by atoms with E-state index in [0.717, 1.165) is 41.1 Å². The third kappa shape index (κ3) is 5.25. The molecule has 1 fully saturated rings. The molecule has 0 spiro atoms. The summed E-state index contributed by atoms with van der Waals surface area (Å²) < 4.78 is 7.11. The first-order valence-electron chi connectivity index (χ1n) is 11.3. The Morgan fingerprint density at radius 1 is 1.12 bits per heavy atom. The summed E-state index contributed by atoms with van der Waals surface area (Å²) in [6.07, 6.45) is 3.72. The summed E-state index contributed by atoms with van der Waals surface area (Å²) >= 11 is 0. The molecular weight excluding hydrogens is 416 g/mol. The van der Waals surface area contributed by atoms with E-state index in [0.29, 0.717) is 5.95 Å². The van der Waals surface area contributed by atoms with Gasteiger partial charge in [-0.15, -0.1) is 0 Å². The first-order valence-corrected chi connectivity index (χ1v) is 11.3. The molecule has 1 N–H and O–H groups in total. The van der Waals surface area contributed by atoms with Crippen molar-refractivity contribution in [2.45, 2.75) is 39.7 Å². The van der Waals surface area contributed by atoms with Crippen LogP contribution in [0.1, 0.15) is 32.3 Å². The smallest absolute Gasteiger partial charge is 0.246 e. The summed E-state index contributed by atoms with van der Waals surface area (Å²) in [5, 5.41) is 2.93. The van der Waals surface area contributed by atoms with Crippen LogP contribution in [0.5, 0.6) is 5.75 Å². The van der Waals surface area contributed by atoms with E-state index in [2.05, 4.69) is 5.32 Å². The Morgan fingerprint density at radius 3 is 2.36 bits per heavy atom. The third-order valence-electron chi connectivity index (χ3n) is 5.80. The molecule has 4 rings (SSSR count). The van der Waals surface area contributed by atoms with Crippen molar-refractivity contribution in [1.29, 1.82) is 0 Å². The SMILES string of the molecule is COc1ccc(-c2cn(-c3ccc(C)cc3)c(NC(=O)CN(C(=O)C3CC3)C(C)C)n2)cc1. The van der Waals surface area contributed by atoms with E-state index in [1.54, 1.807) is 12.0 Å². The zero-order chi connectivity index (χ0) is 23.5. The van der Waals surface area contributed by atoms with Gasteiger partial charge in [-0.3, -0.25) is 19.5 Å². The molecule has 0 unspecified atom stereocenters. The number of nitrogens with zero attached hydrogens (tertiary/aromatic N) is 3. The number of hydrogen-bond acceptors (Lipinski definition) is 4. The molecular formula is C26H30N4O3. The number of methoxy groups -OCH3 is 1. The average molecular weight is 447 g/mol. The van der Waals surface area contributed by atoms with E-state index in [4.69, 9.17) is 9.72 Å². The second-order valence-corrected chi connectivity index (χ2v) is 8.77. The fourth-order valence-electron chi connectivity index (χ4n) is 3.67. The van der Waals surface area contributed by atoms with Crippen LogP contribution < -0.4 is 10.1 Å². The number of aromatic nitrogens is 2. The fourth-order valence-corrected chi connectivity index (χ4v) is 3.67. The lowest BCUT2D eigenvalue weighted by Gasteiger charge is -2.26. The molecule has 0 saturated heterocycles. The number of aryl methyl sites for hydroxylation is 1. The van der Waals surface area contributed by atoms with Crippen LogP contribution in [0, 0.1) is 12.8 Å². The second kappa shape index (κ2) is 9.48. The zero-order valence-corrected chi connectivity index (χ0v) is 19.5. The number of imidazole rings is 1. The number of ether oxygens (including phenoxy) is 1. The van der Waals surface area contributed by atoms with Crippen molar-refractivity contribution in [1.82, 2.24) is 14.5 Å². The Morgan fingerprint density at radius 2 is 1.79 bits per heavy atom. The zero-order valence-electron chi connectivity index (χ0n) is 19.5. The van der Waals surface area contributed by atoms with Crippen molar-refractivity contribution in [3.05, 3.63) is 60.3 Å². The van der Waals surface area contributed by atoms with Gasteiger partial charge < -0.3 is 9.64 Å².